The molecule has 0 unspecified atom stereocenters. The number of aromatic nitrogens is 2. The molecule has 1 rings (SSSR count). The van der Waals surface area contributed by atoms with Crippen molar-refractivity contribution in [3.8, 4) is 0 Å². The van der Waals surface area contributed by atoms with Gasteiger partial charge < -0.3 is 9.72 Å². The van der Waals surface area contributed by atoms with Crippen LogP contribution in [0.1, 0.15) is 19.0 Å². The Morgan fingerprint density at radius 1 is 1.53 bits per heavy atom. The molecule has 6 heteroatoms. The van der Waals surface area contributed by atoms with Gasteiger partial charge in [0.25, 0.3) is 5.56 Å². The van der Waals surface area contributed by atoms with Gasteiger partial charge in [-0.25, -0.2) is 4.98 Å². The fourth-order valence-corrected chi connectivity index (χ4v) is 2.18. The number of nitrogens with zero attached hydrogens (tertiary/aromatic N) is 1. The smallest absolute Gasteiger partial charge is 0.251 e. The molecule has 0 saturated carbocycles. The number of aromatic amines is 1. The molecule has 4 nitrogen and oxygen atoms in total. The highest BCUT2D eigenvalue weighted by atomic mass is 32.2. The van der Waals surface area contributed by atoms with E-state index in [1.165, 1.54) is 11.8 Å². The van der Waals surface area contributed by atoms with E-state index in [1.807, 2.05) is 0 Å². The quantitative estimate of drug-likeness (QED) is 0.328. The predicted octanol–water partition coefficient (Wildman–Crippen LogP) is 1.76. The third-order valence-electron chi connectivity index (χ3n) is 1.98. The van der Waals surface area contributed by atoms with E-state index >= 15 is 0 Å². The molecule has 0 atom stereocenters. The van der Waals surface area contributed by atoms with Crippen molar-refractivity contribution in [3.63, 3.8) is 0 Å². The van der Waals surface area contributed by atoms with Crippen LogP contribution in [-0.4, -0.2) is 34.7 Å². The van der Waals surface area contributed by atoms with Crippen molar-refractivity contribution in [2.24, 2.45) is 0 Å². The fourth-order valence-electron chi connectivity index (χ4n) is 1.30. The number of nitrogens with one attached hydrogen (secondary N) is 1. The standard InChI is InChI=1S/C11H18N2O2S2/c1-2-3-9-8-10(14)13-11(12-9)17-7-5-15-4-6-16/h8,16H,2-7H2,1H3,(H,12,13,14). The van der Waals surface area contributed by atoms with Crippen molar-refractivity contribution in [1.82, 2.24) is 9.97 Å². The van der Waals surface area contributed by atoms with Crippen molar-refractivity contribution in [3.05, 3.63) is 22.1 Å². The summed E-state index contributed by atoms with van der Waals surface area (Å²) in [4.78, 5) is 18.5. The van der Waals surface area contributed by atoms with Gasteiger partial charge in [0.15, 0.2) is 5.16 Å². The fraction of sp³-hybridized carbons (Fsp3) is 0.636. The van der Waals surface area contributed by atoms with Crippen molar-refractivity contribution in [1.29, 1.82) is 0 Å². The van der Waals surface area contributed by atoms with Gasteiger partial charge in [-0.2, -0.15) is 12.6 Å². The van der Waals surface area contributed by atoms with Gasteiger partial charge in [-0.1, -0.05) is 25.1 Å². The van der Waals surface area contributed by atoms with Crippen LogP contribution in [0.25, 0.3) is 0 Å². The molecular formula is C11H18N2O2S2. The molecule has 17 heavy (non-hydrogen) atoms. The minimum absolute atomic E-state index is 0.0813. The lowest BCUT2D eigenvalue weighted by Gasteiger charge is -2.03. The molecule has 0 aromatic carbocycles. The summed E-state index contributed by atoms with van der Waals surface area (Å²) >= 11 is 5.56. The second-order valence-corrected chi connectivity index (χ2v) is 5.01. The molecule has 0 aliphatic heterocycles. The SMILES string of the molecule is CCCc1cc(=O)[nH]c(SCCOCCS)n1. The zero-order valence-corrected chi connectivity index (χ0v) is 11.7. The average molecular weight is 274 g/mol. The number of hydrogen-bond donors (Lipinski definition) is 2. The molecule has 0 radical (unpaired) electrons. The van der Waals surface area contributed by atoms with Crippen LogP contribution in [0.5, 0.6) is 0 Å². The van der Waals surface area contributed by atoms with Gasteiger partial charge in [-0.05, 0) is 6.42 Å². The minimum atomic E-state index is -0.0813. The summed E-state index contributed by atoms with van der Waals surface area (Å²) in [6, 6.07) is 1.56. The Morgan fingerprint density at radius 3 is 3.06 bits per heavy atom. The normalized spacial score (nSPS) is 10.7. The van der Waals surface area contributed by atoms with E-state index in [0.717, 1.165) is 30.0 Å². The van der Waals surface area contributed by atoms with Crippen LogP contribution in [0.4, 0.5) is 0 Å². The van der Waals surface area contributed by atoms with Crippen LogP contribution in [0.15, 0.2) is 16.0 Å². The van der Waals surface area contributed by atoms with Gasteiger partial charge in [0.1, 0.15) is 0 Å². The maximum absolute atomic E-state index is 11.4. The highest BCUT2D eigenvalue weighted by molar-refractivity contribution is 7.99. The third kappa shape index (κ3) is 6.14. The highest BCUT2D eigenvalue weighted by Gasteiger charge is 2.01. The molecule has 0 fully saturated rings. The van der Waals surface area contributed by atoms with Crippen molar-refractivity contribution in [2.75, 3.05) is 24.7 Å². The molecule has 96 valence electrons. The first-order valence-corrected chi connectivity index (χ1v) is 7.29. The van der Waals surface area contributed by atoms with Gasteiger partial charge in [-0.3, -0.25) is 4.79 Å². The van der Waals surface area contributed by atoms with Crippen LogP contribution in [0.2, 0.25) is 0 Å². The number of rotatable bonds is 8. The maximum atomic E-state index is 11.4. The first kappa shape index (κ1) is 14.6. The summed E-state index contributed by atoms with van der Waals surface area (Å²) in [7, 11) is 0. The molecule has 1 heterocycles. The van der Waals surface area contributed by atoms with Crippen molar-refractivity contribution < 1.29 is 4.74 Å². The lowest BCUT2D eigenvalue weighted by atomic mass is 10.2. The number of H-pyrrole nitrogens is 1. The Morgan fingerprint density at radius 2 is 2.35 bits per heavy atom. The van der Waals surface area contributed by atoms with E-state index in [9.17, 15) is 4.79 Å². The van der Waals surface area contributed by atoms with Crippen LogP contribution < -0.4 is 5.56 Å². The van der Waals surface area contributed by atoms with Gasteiger partial charge in [0.05, 0.1) is 13.2 Å². The lowest BCUT2D eigenvalue weighted by Crippen LogP contribution is -2.10. The Bertz CT molecular complexity index is 382. The number of aryl methyl sites for hydroxylation is 1. The summed E-state index contributed by atoms with van der Waals surface area (Å²) in [6.45, 7) is 3.37. The van der Waals surface area contributed by atoms with Gasteiger partial charge in [0.2, 0.25) is 0 Å². The van der Waals surface area contributed by atoms with Gasteiger partial charge in [-0.15, -0.1) is 0 Å². The lowest BCUT2D eigenvalue weighted by molar-refractivity contribution is 0.167. The molecular weight excluding hydrogens is 256 g/mol. The van der Waals surface area contributed by atoms with E-state index in [1.54, 1.807) is 6.07 Å². The van der Waals surface area contributed by atoms with E-state index in [-0.39, 0.29) is 5.56 Å². The predicted molar refractivity (Wildman–Crippen MR) is 74.2 cm³/mol. The molecule has 0 bridgehead atoms. The average Bonchev–Trinajstić information content (AvgIpc) is 2.28. The summed E-state index contributed by atoms with van der Waals surface area (Å²) in [6.07, 6.45) is 1.83. The molecule has 0 spiro atoms. The first-order chi connectivity index (χ1) is 8.26. The Balaban J connectivity index is 2.44. The number of hydrogen-bond acceptors (Lipinski definition) is 5. The number of thiol groups is 1. The molecule has 1 aromatic heterocycles. The molecule has 1 N–H and O–H groups in total. The summed E-state index contributed by atoms with van der Waals surface area (Å²) in [5, 5.41) is 0.676. The van der Waals surface area contributed by atoms with E-state index in [2.05, 4.69) is 29.5 Å². The number of ether oxygens (including phenoxy) is 1. The van der Waals surface area contributed by atoms with Crippen molar-refractivity contribution >= 4 is 24.4 Å². The first-order valence-electron chi connectivity index (χ1n) is 5.68. The van der Waals surface area contributed by atoms with Crippen LogP contribution in [0.3, 0.4) is 0 Å². The Labute approximate surface area is 111 Å². The number of thioether (sulfide) groups is 1. The summed E-state index contributed by atoms with van der Waals surface area (Å²) in [5.41, 5.74) is 0.775. The largest absolute Gasteiger partial charge is 0.380 e. The molecule has 0 aliphatic rings. The molecule has 0 aliphatic carbocycles. The van der Waals surface area contributed by atoms with Crippen LogP contribution >= 0.6 is 24.4 Å². The molecule has 1 aromatic rings. The van der Waals surface area contributed by atoms with E-state index in [0.29, 0.717) is 18.4 Å². The van der Waals surface area contributed by atoms with E-state index < -0.39 is 0 Å². The third-order valence-corrected chi connectivity index (χ3v) is 3.00. The van der Waals surface area contributed by atoms with Gasteiger partial charge >= 0.3 is 0 Å². The second kappa shape index (κ2) is 8.60. The second-order valence-electron chi connectivity index (χ2n) is 3.48. The zero-order valence-electron chi connectivity index (χ0n) is 9.94. The maximum Gasteiger partial charge on any atom is 0.251 e. The Hall–Kier alpha value is -0.460. The van der Waals surface area contributed by atoms with Crippen LogP contribution in [-0.2, 0) is 11.2 Å². The minimum Gasteiger partial charge on any atom is -0.380 e. The highest BCUT2D eigenvalue weighted by Crippen LogP contribution is 2.11. The molecule has 0 saturated heterocycles. The van der Waals surface area contributed by atoms with Crippen molar-refractivity contribution in [2.45, 2.75) is 24.9 Å². The summed E-state index contributed by atoms with van der Waals surface area (Å²) in [5.74, 6) is 1.51. The van der Waals surface area contributed by atoms with E-state index in [4.69, 9.17) is 4.74 Å². The zero-order chi connectivity index (χ0) is 12.5. The van der Waals surface area contributed by atoms with Crippen LogP contribution in [0, 0.1) is 0 Å². The monoisotopic (exact) mass is 274 g/mol. The molecule has 0 amide bonds. The topological polar surface area (TPSA) is 55.0 Å². The Kier molecular flexibility index (Phi) is 7.39. The van der Waals surface area contributed by atoms with Gasteiger partial charge in [0, 0.05) is 23.3 Å². The summed E-state index contributed by atoms with van der Waals surface area (Å²) < 4.78 is 5.30.